The first kappa shape index (κ1) is 33.4. The lowest BCUT2D eigenvalue weighted by Crippen LogP contribution is -2.57. The third-order valence-corrected chi connectivity index (χ3v) is 9.20. The van der Waals surface area contributed by atoms with Crippen molar-refractivity contribution in [1.82, 2.24) is 14.7 Å². The van der Waals surface area contributed by atoms with Crippen LogP contribution >= 0.6 is 11.3 Å². The average molecular weight is 619 g/mol. The minimum Gasteiger partial charge on any atom is -0.393 e. The van der Waals surface area contributed by atoms with E-state index in [-0.39, 0.29) is 17.7 Å². The lowest BCUT2D eigenvalue weighted by atomic mass is 9.96. The number of carbonyl (C=O) groups is 3. The summed E-state index contributed by atoms with van der Waals surface area (Å²) >= 11 is 1.55. The highest BCUT2D eigenvalue weighted by Gasteiger charge is 2.37. The number of fused-ring (bicyclic) bond motifs is 1. The molecule has 0 saturated carbocycles. The van der Waals surface area contributed by atoms with E-state index in [1.807, 2.05) is 74.7 Å². The van der Waals surface area contributed by atoms with E-state index in [0.29, 0.717) is 45.2 Å². The van der Waals surface area contributed by atoms with Crippen LogP contribution in [-0.4, -0.2) is 88.4 Å². The molecule has 0 radical (unpaired) electrons. The number of likely N-dealkylation sites (N-methyl/N-ethyl adjacent to an activating group) is 2. The molecule has 0 unspecified atom stereocenters. The predicted molar refractivity (Wildman–Crippen MR) is 177 cm³/mol. The number of aliphatic hydroxyl groups is 1. The minimum atomic E-state index is -0.842. The van der Waals surface area contributed by atoms with Crippen LogP contribution < -0.4 is 5.73 Å². The zero-order valence-electron chi connectivity index (χ0n) is 26.5. The summed E-state index contributed by atoms with van der Waals surface area (Å²) in [5.41, 5.74) is 7.47. The number of hydrogen-bond acceptors (Lipinski definition) is 6. The second-order valence-corrected chi connectivity index (χ2v) is 13.8. The van der Waals surface area contributed by atoms with Gasteiger partial charge in [-0.25, -0.2) is 0 Å². The van der Waals surface area contributed by atoms with E-state index in [2.05, 4.69) is 6.07 Å². The lowest BCUT2D eigenvalue weighted by molar-refractivity contribution is -0.150. The van der Waals surface area contributed by atoms with Crippen molar-refractivity contribution in [3.05, 3.63) is 82.1 Å². The fourth-order valence-corrected chi connectivity index (χ4v) is 6.65. The molecule has 9 heteroatoms. The van der Waals surface area contributed by atoms with Gasteiger partial charge in [0.1, 0.15) is 12.1 Å². The predicted octanol–water partition coefficient (Wildman–Crippen LogP) is 4.40. The van der Waals surface area contributed by atoms with Gasteiger partial charge in [0, 0.05) is 56.5 Å². The van der Waals surface area contributed by atoms with E-state index in [4.69, 9.17) is 5.73 Å². The number of aliphatic hydroxyl groups excluding tert-OH is 1. The van der Waals surface area contributed by atoms with Gasteiger partial charge in [0.05, 0.1) is 6.10 Å². The Labute approximate surface area is 265 Å². The summed E-state index contributed by atoms with van der Waals surface area (Å²) in [7, 11) is 3.32. The summed E-state index contributed by atoms with van der Waals surface area (Å²) in [5.74, 6) is -0.725. The quantitative estimate of drug-likeness (QED) is 0.310. The molecule has 1 saturated heterocycles. The van der Waals surface area contributed by atoms with Gasteiger partial charge in [0.2, 0.25) is 17.7 Å². The van der Waals surface area contributed by atoms with Crippen LogP contribution in [0.2, 0.25) is 0 Å². The van der Waals surface area contributed by atoms with Gasteiger partial charge in [0.15, 0.2) is 0 Å². The molecule has 2 heterocycles. The van der Waals surface area contributed by atoms with Gasteiger partial charge in [-0.1, -0.05) is 54.1 Å². The first-order valence-corrected chi connectivity index (χ1v) is 16.2. The molecule has 3 N–H and O–H groups in total. The van der Waals surface area contributed by atoms with E-state index >= 15 is 0 Å². The number of likely N-dealkylation sites (tertiary alicyclic amines) is 1. The molecule has 1 aliphatic rings. The number of benzene rings is 2. The number of hydrogen-bond donors (Lipinski definition) is 2. The van der Waals surface area contributed by atoms with E-state index in [9.17, 15) is 19.5 Å². The van der Waals surface area contributed by atoms with Gasteiger partial charge in [-0.2, -0.15) is 0 Å². The van der Waals surface area contributed by atoms with Crippen LogP contribution in [0.25, 0.3) is 10.8 Å². The lowest BCUT2D eigenvalue weighted by Gasteiger charge is -2.38. The fourth-order valence-electron chi connectivity index (χ4n) is 5.91. The topological polar surface area (TPSA) is 107 Å². The molecule has 0 aliphatic carbocycles. The number of carbonyl (C=O) groups excluding carboxylic acids is 3. The Morgan fingerprint density at radius 1 is 1.00 bits per heavy atom. The maximum Gasteiger partial charge on any atom is 0.246 e. The van der Waals surface area contributed by atoms with E-state index in [1.54, 1.807) is 36.4 Å². The summed E-state index contributed by atoms with van der Waals surface area (Å²) in [5, 5.41) is 14.1. The average Bonchev–Trinajstić information content (AvgIpc) is 3.50. The normalized spacial score (nSPS) is 16.1. The fraction of sp³-hybridized carbons (Fsp3) is 0.457. The smallest absolute Gasteiger partial charge is 0.246 e. The molecule has 2 atom stereocenters. The molecule has 3 amide bonds. The molecule has 236 valence electrons. The van der Waals surface area contributed by atoms with Crippen molar-refractivity contribution in [2.75, 3.05) is 27.2 Å². The monoisotopic (exact) mass is 618 g/mol. The first-order valence-electron chi connectivity index (χ1n) is 15.3. The second kappa shape index (κ2) is 14.5. The van der Waals surface area contributed by atoms with Gasteiger partial charge < -0.3 is 25.5 Å². The van der Waals surface area contributed by atoms with Crippen LogP contribution in [0, 0.1) is 0 Å². The Bertz CT molecular complexity index is 1470. The molecule has 1 aliphatic heterocycles. The summed E-state index contributed by atoms with van der Waals surface area (Å²) in [6.45, 7) is 6.59. The van der Waals surface area contributed by atoms with Crippen molar-refractivity contribution in [2.45, 2.75) is 76.6 Å². The Balaban J connectivity index is 1.66. The molecule has 3 aromatic rings. The maximum atomic E-state index is 14.5. The van der Waals surface area contributed by atoms with Gasteiger partial charge in [-0.15, -0.1) is 11.3 Å². The van der Waals surface area contributed by atoms with Crippen molar-refractivity contribution in [3.8, 4) is 0 Å². The summed E-state index contributed by atoms with van der Waals surface area (Å²) in [4.78, 5) is 47.8. The number of nitrogens with two attached hydrogens (primary N) is 1. The van der Waals surface area contributed by atoms with E-state index in [0.717, 1.165) is 26.8 Å². The SMILES string of the molecule is CC(=CC(=O)N(C)[C@H](Cc1ccc2ccccc2c1)C(=O)N(C)[C@H](Cc1cccs1)C(=O)N1CCC(O)CC1)CC(C)(C)N. The van der Waals surface area contributed by atoms with Crippen LogP contribution in [0.4, 0.5) is 0 Å². The van der Waals surface area contributed by atoms with Crippen molar-refractivity contribution < 1.29 is 19.5 Å². The molecule has 0 bridgehead atoms. The molecular weight excluding hydrogens is 572 g/mol. The second-order valence-electron chi connectivity index (χ2n) is 12.8. The Morgan fingerprint density at radius 3 is 2.32 bits per heavy atom. The molecule has 1 fully saturated rings. The highest BCUT2D eigenvalue weighted by molar-refractivity contribution is 7.09. The van der Waals surface area contributed by atoms with Crippen LogP contribution in [0.15, 0.2) is 71.6 Å². The first-order chi connectivity index (χ1) is 20.8. The van der Waals surface area contributed by atoms with Crippen molar-refractivity contribution in [2.24, 2.45) is 5.73 Å². The molecule has 2 aromatic carbocycles. The number of amides is 3. The molecule has 4 rings (SSSR count). The standard InChI is InChI=1S/C35H46N4O4S/c1-24(23-35(2,3)36)19-32(41)37(4)30(21-25-12-13-26-9-6-7-10-27(26)20-25)33(42)38(5)31(22-29-11-8-18-44-29)34(43)39-16-14-28(40)15-17-39/h6-13,18-20,28,30-31,40H,14-17,21-23,36H2,1-5H3/t30-,31-/m1/s1. The summed E-state index contributed by atoms with van der Waals surface area (Å²) in [6.07, 6.45) is 3.39. The van der Waals surface area contributed by atoms with Gasteiger partial charge in [-0.3, -0.25) is 14.4 Å². The minimum absolute atomic E-state index is 0.138. The number of thiophene rings is 1. The highest BCUT2D eigenvalue weighted by atomic mass is 32.1. The zero-order chi connectivity index (χ0) is 32.0. The maximum absolute atomic E-state index is 14.5. The number of nitrogens with zero attached hydrogens (tertiary/aromatic N) is 3. The number of piperidine rings is 1. The summed E-state index contributed by atoms with van der Waals surface area (Å²) < 4.78 is 0. The van der Waals surface area contributed by atoms with Crippen LogP contribution in [0.3, 0.4) is 0 Å². The van der Waals surface area contributed by atoms with Crippen molar-refractivity contribution >= 4 is 39.8 Å². The van der Waals surface area contributed by atoms with Gasteiger partial charge >= 0.3 is 0 Å². The number of rotatable bonds is 11. The van der Waals surface area contributed by atoms with Crippen LogP contribution in [-0.2, 0) is 27.2 Å². The molecule has 0 spiro atoms. The van der Waals surface area contributed by atoms with Gasteiger partial charge in [0.25, 0.3) is 0 Å². The third kappa shape index (κ3) is 8.77. The Morgan fingerprint density at radius 2 is 1.68 bits per heavy atom. The molecular formula is C35H46N4O4S. The zero-order valence-corrected chi connectivity index (χ0v) is 27.3. The van der Waals surface area contributed by atoms with Crippen molar-refractivity contribution in [1.29, 1.82) is 0 Å². The third-order valence-electron chi connectivity index (χ3n) is 8.30. The van der Waals surface area contributed by atoms with Crippen molar-refractivity contribution in [3.63, 3.8) is 0 Å². The molecule has 8 nitrogen and oxygen atoms in total. The van der Waals surface area contributed by atoms with E-state index in [1.165, 1.54) is 9.80 Å². The Hall–Kier alpha value is -3.53. The van der Waals surface area contributed by atoms with Crippen LogP contribution in [0.1, 0.15) is 50.5 Å². The van der Waals surface area contributed by atoms with Gasteiger partial charge in [-0.05, 0) is 67.8 Å². The van der Waals surface area contributed by atoms with Crippen LogP contribution in [0.5, 0.6) is 0 Å². The largest absolute Gasteiger partial charge is 0.393 e. The summed E-state index contributed by atoms with van der Waals surface area (Å²) in [6, 6.07) is 16.4. The Kier molecular flexibility index (Phi) is 11.0. The molecule has 44 heavy (non-hydrogen) atoms. The van der Waals surface area contributed by atoms with E-state index < -0.39 is 23.7 Å². The highest BCUT2D eigenvalue weighted by Crippen LogP contribution is 2.23. The molecule has 1 aromatic heterocycles.